The summed E-state index contributed by atoms with van der Waals surface area (Å²) in [4.78, 5) is 37.2. The van der Waals surface area contributed by atoms with Crippen LogP contribution in [0.1, 0.15) is 49.1 Å². The predicted molar refractivity (Wildman–Crippen MR) is 82.2 cm³/mol. The minimum absolute atomic E-state index is 0.283. The van der Waals surface area contributed by atoms with Crippen molar-refractivity contribution < 1.29 is 14.4 Å². The summed E-state index contributed by atoms with van der Waals surface area (Å²) >= 11 is 0. The summed E-state index contributed by atoms with van der Waals surface area (Å²) in [5.74, 6) is -0.891. The van der Waals surface area contributed by atoms with Crippen LogP contribution in [0.3, 0.4) is 0 Å². The Morgan fingerprint density at radius 3 is 2.65 bits per heavy atom. The van der Waals surface area contributed by atoms with Gasteiger partial charge in [-0.15, -0.1) is 0 Å². The van der Waals surface area contributed by atoms with Crippen molar-refractivity contribution in [2.24, 2.45) is 0 Å². The summed E-state index contributed by atoms with van der Waals surface area (Å²) in [6, 6.07) is 7.22. The van der Waals surface area contributed by atoms with Crippen LogP contribution in [0.5, 0.6) is 0 Å². The first-order chi connectivity index (χ1) is 11.1. The number of hydrogen-bond acceptors (Lipinski definition) is 3. The lowest BCUT2D eigenvalue weighted by atomic mass is 9.77. The first-order valence-corrected chi connectivity index (χ1v) is 8.16. The number of imide groups is 1. The smallest absolute Gasteiger partial charge is 0.322 e. The second-order valence-electron chi connectivity index (χ2n) is 6.65. The van der Waals surface area contributed by atoms with Crippen molar-refractivity contribution in [3.05, 3.63) is 35.4 Å². The van der Waals surface area contributed by atoms with Gasteiger partial charge in [-0.1, -0.05) is 43.5 Å². The fourth-order valence-electron chi connectivity index (χ4n) is 3.90. The monoisotopic (exact) mass is 313 g/mol. The Hall–Kier alpha value is -2.37. The molecule has 2 N–H and O–H groups in total. The molecule has 2 fully saturated rings. The zero-order chi connectivity index (χ0) is 16.0. The van der Waals surface area contributed by atoms with Crippen LogP contribution in [0.25, 0.3) is 0 Å². The molecule has 4 rings (SSSR count). The number of hydrogen-bond donors (Lipinski definition) is 2. The zero-order valence-corrected chi connectivity index (χ0v) is 12.8. The van der Waals surface area contributed by atoms with Crippen molar-refractivity contribution in [1.82, 2.24) is 15.8 Å². The standard InChI is InChI=1S/C17H19N3O3/c21-14(13-10-11-6-2-3-7-12(11)13)19-20-15(22)17(18-16(20)23)8-4-1-5-9-17/h2-3,6-7,13H,1,4-5,8-10H2,(H,18,23)(H,19,21)/t13-/m1/s1. The lowest BCUT2D eigenvalue weighted by Crippen LogP contribution is -2.52. The first-order valence-electron chi connectivity index (χ1n) is 8.16. The molecule has 1 aliphatic heterocycles. The molecule has 0 radical (unpaired) electrons. The Kier molecular flexibility index (Phi) is 3.14. The van der Waals surface area contributed by atoms with E-state index in [1.807, 2.05) is 24.3 Å². The second kappa shape index (κ2) is 5.08. The van der Waals surface area contributed by atoms with E-state index >= 15 is 0 Å². The molecule has 6 heteroatoms. The van der Waals surface area contributed by atoms with Crippen molar-refractivity contribution in [2.75, 3.05) is 0 Å². The van der Waals surface area contributed by atoms with Gasteiger partial charge in [-0.3, -0.25) is 15.0 Å². The topological polar surface area (TPSA) is 78.5 Å². The van der Waals surface area contributed by atoms with Crippen molar-refractivity contribution in [2.45, 2.75) is 50.0 Å². The fraction of sp³-hybridized carbons (Fsp3) is 0.471. The average Bonchev–Trinajstić information content (AvgIpc) is 2.74. The SMILES string of the molecule is O=C(NN1C(=O)NC2(CCCCC2)C1=O)[C@@H]1Cc2ccccc21. The summed E-state index contributed by atoms with van der Waals surface area (Å²) < 4.78 is 0. The molecule has 3 aliphatic rings. The molecule has 0 unspecified atom stereocenters. The van der Waals surface area contributed by atoms with Gasteiger partial charge in [-0.05, 0) is 30.4 Å². The van der Waals surface area contributed by atoms with Gasteiger partial charge in [0.15, 0.2) is 0 Å². The molecule has 1 saturated carbocycles. The number of rotatable bonds is 2. The van der Waals surface area contributed by atoms with Crippen molar-refractivity contribution in [3.8, 4) is 0 Å². The molecule has 0 aromatic heterocycles. The highest BCUT2D eigenvalue weighted by Gasteiger charge is 2.52. The van der Waals surface area contributed by atoms with Gasteiger partial charge < -0.3 is 5.32 Å². The maximum Gasteiger partial charge on any atom is 0.344 e. The van der Waals surface area contributed by atoms with E-state index < -0.39 is 11.6 Å². The third kappa shape index (κ3) is 2.12. The molecule has 1 aromatic rings. The molecule has 4 amide bonds. The van der Waals surface area contributed by atoms with Gasteiger partial charge in [-0.25, -0.2) is 4.79 Å². The van der Waals surface area contributed by atoms with E-state index in [4.69, 9.17) is 0 Å². The van der Waals surface area contributed by atoms with Crippen LogP contribution in [0.15, 0.2) is 24.3 Å². The maximum absolute atomic E-state index is 12.6. The summed E-state index contributed by atoms with van der Waals surface area (Å²) in [5, 5.41) is 3.67. The number of urea groups is 1. The van der Waals surface area contributed by atoms with Gasteiger partial charge >= 0.3 is 6.03 Å². The van der Waals surface area contributed by atoms with Crippen molar-refractivity contribution in [1.29, 1.82) is 0 Å². The van der Waals surface area contributed by atoms with Crippen LogP contribution in [-0.4, -0.2) is 28.4 Å². The second-order valence-corrected chi connectivity index (χ2v) is 6.65. The van der Waals surface area contributed by atoms with Gasteiger partial charge in [0, 0.05) is 0 Å². The Morgan fingerprint density at radius 2 is 1.91 bits per heavy atom. The minimum Gasteiger partial charge on any atom is -0.322 e. The number of fused-ring (bicyclic) bond motifs is 1. The molecule has 120 valence electrons. The van der Waals surface area contributed by atoms with Crippen LogP contribution in [-0.2, 0) is 16.0 Å². The molecule has 2 aliphatic carbocycles. The molecule has 1 atom stereocenters. The summed E-state index contributed by atoms with van der Waals surface area (Å²) in [6.45, 7) is 0. The van der Waals surface area contributed by atoms with E-state index in [1.54, 1.807) is 0 Å². The largest absolute Gasteiger partial charge is 0.344 e. The average molecular weight is 313 g/mol. The molecule has 1 saturated heterocycles. The third-order valence-electron chi connectivity index (χ3n) is 5.26. The van der Waals surface area contributed by atoms with E-state index in [2.05, 4.69) is 10.7 Å². The molecular weight excluding hydrogens is 294 g/mol. The summed E-state index contributed by atoms with van der Waals surface area (Å²) in [7, 11) is 0. The van der Waals surface area contributed by atoms with E-state index in [1.165, 1.54) is 0 Å². The lowest BCUT2D eigenvalue weighted by molar-refractivity contribution is -0.140. The maximum atomic E-state index is 12.6. The third-order valence-corrected chi connectivity index (χ3v) is 5.26. The molecule has 1 heterocycles. The number of hydrazine groups is 1. The number of nitrogens with one attached hydrogen (secondary N) is 2. The Bertz CT molecular complexity index is 694. The number of carbonyl (C=O) groups excluding carboxylic acids is 3. The van der Waals surface area contributed by atoms with Gasteiger partial charge in [0.2, 0.25) is 5.91 Å². The van der Waals surface area contributed by atoms with Gasteiger partial charge in [0.25, 0.3) is 5.91 Å². The van der Waals surface area contributed by atoms with Crippen LogP contribution in [0.4, 0.5) is 4.79 Å². The van der Waals surface area contributed by atoms with Crippen molar-refractivity contribution in [3.63, 3.8) is 0 Å². The molecule has 23 heavy (non-hydrogen) atoms. The lowest BCUT2D eigenvalue weighted by Gasteiger charge is -2.31. The predicted octanol–water partition coefficient (Wildman–Crippen LogP) is 1.61. The number of carbonyl (C=O) groups is 3. The number of nitrogens with zero attached hydrogens (tertiary/aromatic N) is 1. The highest BCUT2D eigenvalue weighted by molar-refractivity contribution is 6.08. The number of benzene rings is 1. The molecule has 0 bridgehead atoms. The highest BCUT2D eigenvalue weighted by Crippen LogP contribution is 2.36. The Labute approximate surface area is 134 Å². The van der Waals surface area contributed by atoms with Crippen LogP contribution >= 0.6 is 0 Å². The zero-order valence-electron chi connectivity index (χ0n) is 12.8. The van der Waals surface area contributed by atoms with E-state index in [9.17, 15) is 14.4 Å². The van der Waals surface area contributed by atoms with Crippen LogP contribution in [0, 0.1) is 0 Å². The minimum atomic E-state index is -0.805. The van der Waals surface area contributed by atoms with Gasteiger partial charge in [0.05, 0.1) is 5.92 Å². The molecular formula is C17H19N3O3. The molecule has 1 aromatic carbocycles. The Balaban J connectivity index is 1.48. The van der Waals surface area contributed by atoms with Crippen LogP contribution < -0.4 is 10.7 Å². The van der Waals surface area contributed by atoms with Crippen molar-refractivity contribution >= 4 is 17.8 Å². The Morgan fingerprint density at radius 1 is 1.17 bits per heavy atom. The van der Waals surface area contributed by atoms with E-state index in [0.717, 1.165) is 35.4 Å². The van der Waals surface area contributed by atoms with E-state index in [-0.39, 0.29) is 17.7 Å². The summed E-state index contributed by atoms with van der Waals surface area (Å²) in [6.07, 6.45) is 4.87. The number of amides is 4. The van der Waals surface area contributed by atoms with Crippen LogP contribution in [0.2, 0.25) is 0 Å². The molecule has 1 spiro atoms. The van der Waals surface area contributed by atoms with E-state index in [0.29, 0.717) is 19.3 Å². The first kappa shape index (κ1) is 14.2. The fourth-order valence-corrected chi connectivity index (χ4v) is 3.90. The normalized spacial score (nSPS) is 24.9. The van der Waals surface area contributed by atoms with Gasteiger partial charge in [-0.2, -0.15) is 5.01 Å². The van der Waals surface area contributed by atoms with Gasteiger partial charge in [0.1, 0.15) is 5.54 Å². The quantitative estimate of drug-likeness (QED) is 0.814. The molecule has 6 nitrogen and oxygen atoms in total. The highest BCUT2D eigenvalue weighted by atomic mass is 16.2. The summed E-state index contributed by atoms with van der Waals surface area (Å²) in [5.41, 5.74) is 3.84.